The molecule has 0 radical (unpaired) electrons. The number of aromatic nitrogens is 2. The zero-order valence-electron chi connectivity index (χ0n) is 27.4. The summed E-state index contributed by atoms with van der Waals surface area (Å²) >= 11 is 0. The lowest BCUT2D eigenvalue weighted by Crippen LogP contribution is -2.15. The Balaban J connectivity index is 1.17. The minimum absolute atomic E-state index is 0.0265. The molecule has 0 spiro atoms. The fourth-order valence-electron chi connectivity index (χ4n) is 7.76. The Kier molecular flexibility index (Phi) is 6.38. The summed E-state index contributed by atoms with van der Waals surface area (Å²) in [4.78, 5) is 2.36. The lowest BCUT2D eigenvalue weighted by Gasteiger charge is -2.27. The molecular formula is C45H35N3. The van der Waals surface area contributed by atoms with Gasteiger partial charge in [-0.1, -0.05) is 129 Å². The fourth-order valence-corrected chi connectivity index (χ4v) is 7.76. The SMILES string of the molecule is Cc1c(-c2ccc(N(c3ccccc3)c3ccc4c(c3)-c3ccccc3C4(C)C)cc2)nn2c(-c3ccccc3)cc3ccccc3c12. The maximum atomic E-state index is 5.28. The highest BCUT2D eigenvalue weighted by molar-refractivity contribution is 6.01. The summed E-state index contributed by atoms with van der Waals surface area (Å²) < 4.78 is 2.14. The Morgan fingerprint density at radius 1 is 0.542 bits per heavy atom. The van der Waals surface area contributed by atoms with Crippen molar-refractivity contribution in [3.8, 4) is 33.6 Å². The summed E-state index contributed by atoms with van der Waals surface area (Å²) in [5, 5.41) is 7.70. The van der Waals surface area contributed by atoms with Crippen LogP contribution in [0.5, 0.6) is 0 Å². The topological polar surface area (TPSA) is 20.5 Å². The van der Waals surface area contributed by atoms with E-state index in [9.17, 15) is 0 Å². The largest absolute Gasteiger partial charge is 0.310 e. The third-order valence-electron chi connectivity index (χ3n) is 10.2. The van der Waals surface area contributed by atoms with E-state index < -0.39 is 0 Å². The maximum absolute atomic E-state index is 5.28. The normalized spacial score (nSPS) is 13.1. The molecule has 9 rings (SSSR count). The van der Waals surface area contributed by atoms with Crippen LogP contribution in [0.15, 0.2) is 158 Å². The molecule has 2 heterocycles. The van der Waals surface area contributed by atoms with Crippen molar-refractivity contribution >= 4 is 33.4 Å². The van der Waals surface area contributed by atoms with Gasteiger partial charge in [-0.3, -0.25) is 0 Å². The highest BCUT2D eigenvalue weighted by Crippen LogP contribution is 2.50. The fraction of sp³-hybridized carbons (Fsp3) is 0.0889. The van der Waals surface area contributed by atoms with Gasteiger partial charge in [0.15, 0.2) is 0 Å². The van der Waals surface area contributed by atoms with Crippen LogP contribution in [0, 0.1) is 6.92 Å². The number of nitrogens with zero attached hydrogens (tertiary/aromatic N) is 3. The Morgan fingerprint density at radius 2 is 1.17 bits per heavy atom. The smallest absolute Gasteiger partial charge is 0.0963 e. The summed E-state index contributed by atoms with van der Waals surface area (Å²) in [7, 11) is 0. The molecule has 0 bridgehead atoms. The number of rotatable bonds is 5. The second-order valence-electron chi connectivity index (χ2n) is 13.3. The van der Waals surface area contributed by atoms with Crippen LogP contribution in [0.4, 0.5) is 17.1 Å². The number of pyridine rings is 1. The van der Waals surface area contributed by atoms with Crippen LogP contribution in [0.25, 0.3) is 49.9 Å². The Labute approximate surface area is 281 Å². The van der Waals surface area contributed by atoms with E-state index in [0.29, 0.717) is 0 Å². The van der Waals surface area contributed by atoms with Crippen molar-refractivity contribution in [3.63, 3.8) is 0 Å². The average Bonchev–Trinajstić information content (AvgIpc) is 3.60. The molecule has 3 heteroatoms. The van der Waals surface area contributed by atoms with Gasteiger partial charge in [-0.25, -0.2) is 4.52 Å². The van der Waals surface area contributed by atoms with E-state index in [4.69, 9.17) is 5.10 Å². The molecule has 0 N–H and O–H groups in total. The Hall–Kier alpha value is -5.93. The first-order chi connectivity index (χ1) is 23.5. The number of para-hydroxylation sites is 1. The van der Waals surface area contributed by atoms with Crippen molar-refractivity contribution in [1.82, 2.24) is 9.61 Å². The van der Waals surface area contributed by atoms with E-state index in [1.165, 1.54) is 38.6 Å². The third-order valence-corrected chi connectivity index (χ3v) is 10.2. The zero-order chi connectivity index (χ0) is 32.4. The summed E-state index contributed by atoms with van der Waals surface area (Å²) in [6.45, 7) is 6.86. The van der Waals surface area contributed by atoms with Crippen molar-refractivity contribution < 1.29 is 0 Å². The molecule has 0 saturated carbocycles. The number of hydrogen-bond donors (Lipinski definition) is 0. The van der Waals surface area contributed by atoms with Gasteiger partial charge in [0.05, 0.1) is 16.9 Å². The molecule has 8 aromatic rings. The van der Waals surface area contributed by atoms with Gasteiger partial charge >= 0.3 is 0 Å². The first kappa shape index (κ1) is 28.3. The molecule has 0 amide bonds. The molecule has 1 aliphatic carbocycles. The monoisotopic (exact) mass is 617 g/mol. The van der Waals surface area contributed by atoms with Crippen LogP contribution in [0.3, 0.4) is 0 Å². The third kappa shape index (κ3) is 4.31. The number of benzene rings is 6. The van der Waals surface area contributed by atoms with Crippen LogP contribution in [0.1, 0.15) is 30.5 Å². The lowest BCUT2D eigenvalue weighted by molar-refractivity contribution is 0.660. The van der Waals surface area contributed by atoms with Crippen molar-refractivity contribution in [3.05, 3.63) is 174 Å². The van der Waals surface area contributed by atoms with Crippen LogP contribution in [-0.2, 0) is 5.41 Å². The van der Waals surface area contributed by atoms with E-state index in [1.54, 1.807) is 0 Å². The molecule has 0 unspecified atom stereocenters. The molecule has 48 heavy (non-hydrogen) atoms. The van der Waals surface area contributed by atoms with Crippen LogP contribution in [-0.4, -0.2) is 9.61 Å². The predicted molar refractivity (Wildman–Crippen MR) is 201 cm³/mol. The van der Waals surface area contributed by atoms with Gasteiger partial charge in [0.25, 0.3) is 0 Å². The summed E-state index contributed by atoms with van der Waals surface area (Å²) in [5.74, 6) is 0. The molecule has 230 valence electrons. The van der Waals surface area contributed by atoms with Crippen molar-refractivity contribution in [2.45, 2.75) is 26.2 Å². The van der Waals surface area contributed by atoms with E-state index in [0.717, 1.165) is 45.1 Å². The first-order valence-corrected chi connectivity index (χ1v) is 16.7. The molecule has 6 aromatic carbocycles. The standard InChI is InChI=1S/C45H35N3/c1-30-43(46-48-42(31-14-6-4-7-15-31)28-33-16-10-11-19-37(33)44(30)48)32-22-24-35(25-23-32)47(34-17-8-5-9-18-34)36-26-27-41-39(29-36)38-20-12-13-21-40(38)45(41,2)3/h4-29H,1-3H3. The Bertz CT molecular complexity index is 2470. The molecule has 3 nitrogen and oxygen atoms in total. The van der Waals surface area contributed by atoms with Crippen LogP contribution in [0.2, 0.25) is 0 Å². The van der Waals surface area contributed by atoms with Crippen LogP contribution >= 0.6 is 0 Å². The quantitative estimate of drug-likeness (QED) is 0.191. The van der Waals surface area contributed by atoms with E-state index >= 15 is 0 Å². The highest BCUT2D eigenvalue weighted by Gasteiger charge is 2.35. The Morgan fingerprint density at radius 3 is 1.96 bits per heavy atom. The second kappa shape index (κ2) is 10.8. The van der Waals surface area contributed by atoms with Gasteiger partial charge in [-0.15, -0.1) is 0 Å². The van der Waals surface area contributed by atoms with Crippen molar-refractivity contribution in [1.29, 1.82) is 0 Å². The van der Waals surface area contributed by atoms with Gasteiger partial charge in [-0.2, -0.15) is 5.10 Å². The molecular weight excluding hydrogens is 583 g/mol. The molecule has 0 saturated heterocycles. The number of fused-ring (bicyclic) bond motifs is 6. The predicted octanol–water partition coefficient (Wildman–Crippen LogP) is 11.9. The summed E-state index contributed by atoms with van der Waals surface area (Å²) in [6, 6.07) is 56.8. The average molecular weight is 618 g/mol. The zero-order valence-corrected chi connectivity index (χ0v) is 27.4. The lowest BCUT2D eigenvalue weighted by atomic mass is 9.82. The molecule has 0 aliphatic heterocycles. The van der Waals surface area contributed by atoms with E-state index in [-0.39, 0.29) is 5.41 Å². The molecule has 0 atom stereocenters. The summed E-state index contributed by atoms with van der Waals surface area (Å²) in [5.41, 5.74) is 15.4. The molecule has 1 aliphatic rings. The van der Waals surface area contributed by atoms with E-state index in [2.05, 4.69) is 188 Å². The van der Waals surface area contributed by atoms with Gasteiger partial charge in [0.2, 0.25) is 0 Å². The second-order valence-corrected chi connectivity index (χ2v) is 13.3. The van der Waals surface area contributed by atoms with E-state index in [1.807, 2.05) is 0 Å². The van der Waals surface area contributed by atoms with Crippen molar-refractivity contribution in [2.75, 3.05) is 4.90 Å². The number of aryl methyl sites for hydroxylation is 1. The van der Waals surface area contributed by atoms with Crippen molar-refractivity contribution in [2.24, 2.45) is 0 Å². The van der Waals surface area contributed by atoms with Gasteiger partial charge in [-0.05, 0) is 77.0 Å². The van der Waals surface area contributed by atoms with Gasteiger partial charge < -0.3 is 4.90 Å². The van der Waals surface area contributed by atoms with Crippen LogP contribution < -0.4 is 4.90 Å². The maximum Gasteiger partial charge on any atom is 0.0963 e. The highest BCUT2D eigenvalue weighted by atomic mass is 15.2. The number of anilines is 3. The molecule has 0 fully saturated rings. The summed E-state index contributed by atoms with van der Waals surface area (Å²) in [6.07, 6.45) is 0. The van der Waals surface area contributed by atoms with Gasteiger partial charge in [0, 0.05) is 44.6 Å². The minimum atomic E-state index is -0.0265. The van der Waals surface area contributed by atoms with Gasteiger partial charge in [0.1, 0.15) is 0 Å². The molecule has 2 aromatic heterocycles. The first-order valence-electron chi connectivity index (χ1n) is 16.7. The minimum Gasteiger partial charge on any atom is -0.310 e. The number of hydrogen-bond acceptors (Lipinski definition) is 2.